The zero-order valence-corrected chi connectivity index (χ0v) is 6.68. The van der Waals surface area contributed by atoms with Gasteiger partial charge in [0.2, 0.25) is 0 Å². The molecule has 0 aromatic carbocycles. The Morgan fingerprint density at radius 1 is 1.67 bits per heavy atom. The van der Waals surface area contributed by atoms with Crippen LogP contribution in [0.4, 0.5) is 4.79 Å². The zero-order valence-electron chi connectivity index (χ0n) is 6.68. The van der Waals surface area contributed by atoms with Crippen molar-refractivity contribution in [3.8, 4) is 0 Å². The van der Waals surface area contributed by atoms with Crippen molar-refractivity contribution in [1.82, 2.24) is 0 Å². The van der Waals surface area contributed by atoms with Crippen molar-refractivity contribution < 1.29 is 24.2 Å². The molecule has 0 amide bonds. The first-order valence-electron chi connectivity index (χ1n) is 3.08. The van der Waals surface area contributed by atoms with E-state index in [-0.39, 0.29) is 6.61 Å². The molecule has 0 saturated carbocycles. The van der Waals surface area contributed by atoms with E-state index >= 15 is 0 Å². The molecule has 7 nitrogen and oxygen atoms in total. The maximum absolute atomic E-state index is 10.3. The van der Waals surface area contributed by atoms with E-state index in [0.717, 1.165) is 7.11 Å². The first-order chi connectivity index (χ1) is 5.56. The van der Waals surface area contributed by atoms with Crippen LogP contribution in [0.1, 0.15) is 6.92 Å². The molecule has 0 N–H and O–H groups in total. The Bertz CT molecular complexity index is 169. The second-order valence-corrected chi connectivity index (χ2v) is 1.90. The minimum Gasteiger partial charge on any atom is -0.438 e. The molecular weight excluding hydrogens is 170 g/mol. The van der Waals surface area contributed by atoms with Gasteiger partial charge in [-0.15, -0.1) is 10.1 Å². The minimum atomic E-state index is -0.953. The minimum absolute atomic E-state index is 0.215. The van der Waals surface area contributed by atoms with Gasteiger partial charge >= 0.3 is 6.16 Å². The van der Waals surface area contributed by atoms with Crippen molar-refractivity contribution >= 4 is 6.16 Å². The Kier molecular flexibility index (Phi) is 4.51. The van der Waals surface area contributed by atoms with Gasteiger partial charge in [0, 0.05) is 0 Å². The highest BCUT2D eigenvalue weighted by atomic mass is 17.0. The number of ether oxygens (including phenoxy) is 2. The summed E-state index contributed by atoms with van der Waals surface area (Å²) in [7, 11) is 1.14. The quantitative estimate of drug-likeness (QED) is 0.352. The van der Waals surface area contributed by atoms with Crippen LogP contribution in [0.5, 0.6) is 0 Å². The van der Waals surface area contributed by atoms with E-state index in [1.807, 2.05) is 0 Å². The highest BCUT2D eigenvalue weighted by Crippen LogP contribution is 1.93. The lowest BCUT2D eigenvalue weighted by atomic mass is 10.4. The molecule has 0 heterocycles. The number of nitrogens with zero attached hydrogens (tertiary/aromatic N) is 1. The number of rotatable bonds is 4. The van der Waals surface area contributed by atoms with Gasteiger partial charge in [0.15, 0.2) is 0 Å². The van der Waals surface area contributed by atoms with E-state index in [9.17, 15) is 14.9 Å². The van der Waals surface area contributed by atoms with Crippen LogP contribution >= 0.6 is 0 Å². The van der Waals surface area contributed by atoms with Crippen molar-refractivity contribution in [1.29, 1.82) is 0 Å². The van der Waals surface area contributed by atoms with E-state index in [1.54, 1.807) is 0 Å². The summed E-state index contributed by atoms with van der Waals surface area (Å²) in [5.41, 5.74) is 0. The molecule has 7 heteroatoms. The Morgan fingerprint density at radius 3 is 2.67 bits per heavy atom. The van der Waals surface area contributed by atoms with Crippen molar-refractivity contribution in [2.45, 2.75) is 13.0 Å². The van der Waals surface area contributed by atoms with Crippen molar-refractivity contribution in [3.63, 3.8) is 0 Å². The lowest BCUT2D eigenvalue weighted by molar-refractivity contribution is -0.767. The van der Waals surface area contributed by atoms with Gasteiger partial charge in [-0.1, -0.05) is 0 Å². The fraction of sp³-hybridized carbons (Fsp3) is 0.800. The van der Waals surface area contributed by atoms with E-state index in [2.05, 4.69) is 14.3 Å². The standard InChI is InChI=1S/C5H9NO6/c1-4(12-6(8)9)3-11-5(7)10-2/h4H,3H2,1-2H3/t4-/m0/s1. The molecular formula is C5H9NO6. The van der Waals surface area contributed by atoms with Crippen LogP contribution in [0.15, 0.2) is 0 Å². The highest BCUT2D eigenvalue weighted by Gasteiger charge is 2.09. The largest absolute Gasteiger partial charge is 0.508 e. The number of methoxy groups -OCH3 is 1. The molecule has 70 valence electrons. The van der Waals surface area contributed by atoms with Gasteiger partial charge in [-0.2, -0.15) is 0 Å². The lowest BCUT2D eigenvalue weighted by Crippen LogP contribution is -2.21. The molecule has 1 atom stereocenters. The van der Waals surface area contributed by atoms with Crippen molar-refractivity contribution in [2.24, 2.45) is 0 Å². The Hall–Kier alpha value is -1.53. The van der Waals surface area contributed by atoms with E-state index in [4.69, 9.17) is 0 Å². The number of carbonyl (C=O) groups excluding carboxylic acids is 1. The van der Waals surface area contributed by atoms with Gasteiger partial charge in [0.25, 0.3) is 5.09 Å². The first kappa shape index (κ1) is 10.5. The molecule has 0 unspecified atom stereocenters. The van der Waals surface area contributed by atoms with Crippen LogP contribution in [0.2, 0.25) is 0 Å². The molecule has 0 aliphatic heterocycles. The smallest absolute Gasteiger partial charge is 0.438 e. The Labute approximate surface area is 68.3 Å². The summed E-state index contributed by atoms with van der Waals surface area (Å²) in [5.74, 6) is 0. The van der Waals surface area contributed by atoms with Gasteiger partial charge in [0.1, 0.15) is 12.7 Å². The molecule has 0 aliphatic rings. The third-order valence-electron chi connectivity index (χ3n) is 0.869. The van der Waals surface area contributed by atoms with Crippen LogP contribution in [0, 0.1) is 10.1 Å². The predicted molar refractivity (Wildman–Crippen MR) is 35.9 cm³/mol. The SMILES string of the molecule is COC(=O)OC[C@H](C)O[N+](=O)[O-]. The summed E-state index contributed by atoms with van der Waals surface area (Å²) in [6, 6.07) is 0. The van der Waals surface area contributed by atoms with Crippen molar-refractivity contribution in [3.05, 3.63) is 10.1 Å². The topological polar surface area (TPSA) is 87.9 Å². The summed E-state index contributed by atoms with van der Waals surface area (Å²) < 4.78 is 8.48. The summed E-state index contributed by atoms with van der Waals surface area (Å²) in [6.45, 7) is 1.18. The molecule has 0 spiro atoms. The molecule has 0 saturated heterocycles. The fourth-order valence-corrected chi connectivity index (χ4v) is 0.422. The predicted octanol–water partition coefficient (Wildman–Crippen LogP) is 0.366. The second-order valence-electron chi connectivity index (χ2n) is 1.90. The van der Waals surface area contributed by atoms with Gasteiger partial charge in [-0.05, 0) is 6.92 Å². The molecule has 0 radical (unpaired) electrons. The molecule has 0 fully saturated rings. The monoisotopic (exact) mass is 179 g/mol. The summed E-state index contributed by atoms with van der Waals surface area (Å²) in [4.78, 5) is 24.1. The van der Waals surface area contributed by atoms with Gasteiger partial charge < -0.3 is 14.3 Å². The van der Waals surface area contributed by atoms with E-state index in [0.29, 0.717) is 0 Å². The summed E-state index contributed by atoms with van der Waals surface area (Å²) in [5, 5.41) is 8.78. The third-order valence-corrected chi connectivity index (χ3v) is 0.869. The Balaban J connectivity index is 3.50. The molecule has 0 aromatic heterocycles. The molecule has 0 aliphatic carbocycles. The average molecular weight is 179 g/mol. The number of carbonyl (C=O) groups is 1. The van der Waals surface area contributed by atoms with E-state index < -0.39 is 17.3 Å². The van der Waals surface area contributed by atoms with Gasteiger partial charge in [-0.3, -0.25) is 0 Å². The molecule has 12 heavy (non-hydrogen) atoms. The lowest BCUT2D eigenvalue weighted by Gasteiger charge is -2.08. The summed E-state index contributed by atoms with van der Waals surface area (Å²) >= 11 is 0. The van der Waals surface area contributed by atoms with Gasteiger partial charge in [0.05, 0.1) is 7.11 Å². The number of hydrogen-bond acceptors (Lipinski definition) is 6. The normalized spacial score (nSPS) is 11.5. The average Bonchev–Trinajstić information content (AvgIpc) is 1.99. The maximum Gasteiger partial charge on any atom is 0.508 e. The second kappa shape index (κ2) is 5.16. The maximum atomic E-state index is 10.3. The van der Waals surface area contributed by atoms with Crippen LogP contribution in [-0.4, -0.2) is 31.1 Å². The van der Waals surface area contributed by atoms with E-state index in [1.165, 1.54) is 6.92 Å². The van der Waals surface area contributed by atoms with Crippen LogP contribution in [0.25, 0.3) is 0 Å². The molecule has 0 rings (SSSR count). The Morgan fingerprint density at radius 2 is 2.25 bits per heavy atom. The van der Waals surface area contributed by atoms with Crippen LogP contribution in [-0.2, 0) is 14.3 Å². The zero-order chi connectivity index (χ0) is 9.56. The van der Waals surface area contributed by atoms with Crippen molar-refractivity contribution in [2.75, 3.05) is 13.7 Å². The molecule has 0 aromatic rings. The third kappa shape index (κ3) is 5.27. The number of hydrogen-bond donors (Lipinski definition) is 0. The molecule has 0 bridgehead atoms. The highest BCUT2D eigenvalue weighted by molar-refractivity contribution is 5.59. The fourth-order valence-electron chi connectivity index (χ4n) is 0.422. The van der Waals surface area contributed by atoms with Crippen LogP contribution in [0.3, 0.4) is 0 Å². The summed E-state index contributed by atoms with van der Waals surface area (Å²) in [6.07, 6.45) is -1.69. The first-order valence-corrected chi connectivity index (χ1v) is 3.08. The van der Waals surface area contributed by atoms with Crippen LogP contribution < -0.4 is 0 Å². The van der Waals surface area contributed by atoms with Gasteiger partial charge in [-0.25, -0.2) is 4.79 Å².